The summed E-state index contributed by atoms with van der Waals surface area (Å²) in [5.41, 5.74) is 0. The Morgan fingerprint density at radius 3 is 2.25 bits per heavy atom. The minimum Gasteiger partial charge on any atom is -0.340 e. The molecule has 0 radical (unpaired) electrons. The van der Waals surface area contributed by atoms with Crippen LogP contribution in [0.15, 0.2) is 4.52 Å². The van der Waals surface area contributed by atoms with E-state index in [-0.39, 0.29) is 0 Å². The predicted octanol–water partition coefficient (Wildman–Crippen LogP) is 1.30. The van der Waals surface area contributed by atoms with Gasteiger partial charge in [0.2, 0.25) is 5.89 Å². The van der Waals surface area contributed by atoms with Crippen LogP contribution in [0.5, 0.6) is 0 Å². The highest BCUT2D eigenvalue weighted by atomic mass is 19.4. The van der Waals surface area contributed by atoms with Crippen molar-refractivity contribution in [3.05, 3.63) is 11.7 Å². The number of rotatable bonds is 3. The van der Waals surface area contributed by atoms with Crippen LogP contribution in [-0.4, -0.2) is 58.8 Å². The van der Waals surface area contributed by atoms with Crippen molar-refractivity contribution in [3.63, 3.8) is 0 Å². The van der Waals surface area contributed by atoms with Crippen molar-refractivity contribution < 1.29 is 17.7 Å². The molecule has 2 aliphatic rings. The summed E-state index contributed by atoms with van der Waals surface area (Å²) >= 11 is 0. The summed E-state index contributed by atoms with van der Waals surface area (Å²) in [5.74, 6) is 1.83. The lowest BCUT2D eigenvalue weighted by Crippen LogP contribution is -2.35. The fourth-order valence-electron chi connectivity index (χ4n) is 3.30. The molecule has 3 heterocycles. The normalized spacial score (nSPS) is 28.2. The molecule has 3 rings (SSSR count). The smallest absolute Gasteiger partial charge is 0.340 e. The molecule has 2 atom stereocenters. The quantitative estimate of drug-likeness (QED) is 0.840. The molecule has 0 bridgehead atoms. The number of aromatic nitrogens is 2. The number of nitrogens with zero attached hydrogens (tertiary/aromatic N) is 4. The molecule has 0 aromatic carbocycles. The SMILES string of the molecule is Cc1nc(CN2CC3CN(CC(F)(F)F)CC3C2)no1. The second-order valence-corrected chi connectivity index (χ2v) is 5.75. The zero-order valence-electron chi connectivity index (χ0n) is 11.2. The molecule has 1 aromatic heterocycles. The lowest BCUT2D eigenvalue weighted by Gasteiger charge is -2.21. The van der Waals surface area contributed by atoms with E-state index in [2.05, 4.69) is 15.0 Å². The van der Waals surface area contributed by atoms with Crippen molar-refractivity contribution in [3.8, 4) is 0 Å². The fourth-order valence-corrected chi connectivity index (χ4v) is 3.30. The first-order chi connectivity index (χ1) is 9.39. The Bertz CT molecular complexity index is 462. The summed E-state index contributed by atoms with van der Waals surface area (Å²) in [5, 5.41) is 3.85. The molecule has 2 aliphatic heterocycles. The molecule has 0 spiro atoms. The summed E-state index contributed by atoms with van der Waals surface area (Å²) in [6.45, 7) is 4.26. The van der Waals surface area contributed by atoms with Gasteiger partial charge in [0.25, 0.3) is 0 Å². The molecule has 1 aromatic rings. The fraction of sp³-hybridized carbons (Fsp3) is 0.833. The molecule has 0 N–H and O–H groups in total. The van der Waals surface area contributed by atoms with Crippen LogP contribution < -0.4 is 0 Å². The average molecular weight is 290 g/mol. The predicted molar refractivity (Wildman–Crippen MR) is 63.8 cm³/mol. The monoisotopic (exact) mass is 290 g/mol. The molecule has 5 nitrogen and oxygen atoms in total. The van der Waals surface area contributed by atoms with E-state index in [9.17, 15) is 13.2 Å². The molecule has 2 saturated heterocycles. The van der Waals surface area contributed by atoms with Crippen molar-refractivity contribution in [2.75, 3.05) is 32.7 Å². The maximum Gasteiger partial charge on any atom is 0.401 e. The molecule has 2 fully saturated rings. The molecule has 20 heavy (non-hydrogen) atoms. The van der Waals surface area contributed by atoms with E-state index < -0.39 is 12.7 Å². The first-order valence-electron chi connectivity index (χ1n) is 6.70. The van der Waals surface area contributed by atoms with E-state index in [4.69, 9.17) is 4.52 Å². The molecule has 8 heteroatoms. The number of aryl methyl sites for hydroxylation is 1. The van der Waals surface area contributed by atoms with Crippen LogP contribution >= 0.6 is 0 Å². The van der Waals surface area contributed by atoms with Crippen molar-refractivity contribution >= 4 is 0 Å². The van der Waals surface area contributed by atoms with Gasteiger partial charge in [-0.15, -0.1) is 0 Å². The second-order valence-electron chi connectivity index (χ2n) is 5.75. The van der Waals surface area contributed by atoms with Crippen molar-refractivity contribution in [2.24, 2.45) is 11.8 Å². The molecule has 0 saturated carbocycles. The van der Waals surface area contributed by atoms with Gasteiger partial charge < -0.3 is 4.52 Å². The topological polar surface area (TPSA) is 45.4 Å². The Morgan fingerprint density at radius 1 is 1.15 bits per heavy atom. The lowest BCUT2D eigenvalue weighted by atomic mass is 10.0. The number of fused-ring (bicyclic) bond motifs is 1. The highest BCUT2D eigenvalue weighted by molar-refractivity contribution is 4.95. The van der Waals surface area contributed by atoms with Crippen LogP contribution in [0.3, 0.4) is 0 Å². The molecule has 2 unspecified atom stereocenters. The summed E-state index contributed by atoms with van der Waals surface area (Å²) in [4.78, 5) is 7.87. The van der Waals surface area contributed by atoms with E-state index in [1.54, 1.807) is 6.92 Å². The van der Waals surface area contributed by atoms with Gasteiger partial charge in [-0.05, 0) is 11.8 Å². The molecule has 0 amide bonds. The van der Waals surface area contributed by atoms with Crippen LogP contribution in [0.25, 0.3) is 0 Å². The van der Waals surface area contributed by atoms with Gasteiger partial charge >= 0.3 is 6.18 Å². The van der Waals surface area contributed by atoms with Crippen LogP contribution in [0.4, 0.5) is 13.2 Å². The molecular weight excluding hydrogens is 273 g/mol. The number of alkyl halides is 3. The van der Waals surface area contributed by atoms with Gasteiger partial charge in [0, 0.05) is 33.1 Å². The Kier molecular flexibility index (Phi) is 3.45. The maximum absolute atomic E-state index is 12.4. The van der Waals surface area contributed by atoms with Gasteiger partial charge in [0.1, 0.15) is 0 Å². The third-order valence-electron chi connectivity index (χ3n) is 3.98. The van der Waals surface area contributed by atoms with Crippen molar-refractivity contribution in [2.45, 2.75) is 19.6 Å². The molecule has 112 valence electrons. The number of hydrogen-bond donors (Lipinski definition) is 0. The van der Waals surface area contributed by atoms with Crippen LogP contribution in [0.2, 0.25) is 0 Å². The first kappa shape index (κ1) is 13.8. The zero-order chi connectivity index (χ0) is 14.3. The number of halogens is 3. The van der Waals surface area contributed by atoms with Gasteiger partial charge in [-0.25, -0.2) is 0 Å². The zero-order valence-corrected chi connectivity index (χ0v) is 11.2. The third kappa shape index (κ3) is 3.12. The largest absolute Gasteiger partial charge is 0.401 e. The van der Waals surface area contributed by atoms with Crippen LogP contribution in [0.1, 0.15) is 11.7 Å². The van der Waals surface area contributed by atoms with E-state index >= 15 is 0 Å². The van der Waals surface area contributed by atoms with E-state index in [0.717, 1.165) is 13.1 Å². The van der Waals surface area contributed by atoms with Crippen LogP contribution in [0, 0.1) is 18.8 Å². The summed E-state index contributed by atoms with van der Waals surface area (Å²) in [6, 6.07) is 0. The third-order valence-corrected chi connectivity index (χ3v) is 3.98. The van der Waals surface area contributed by atoms with Crippen molar-refractivity contribution in [1.82, 2.24) is 19.9 Å². The average Bonchev–Trinajstić information content (AvgIpc) is 2.92. The van der Waals surface area contributed by atoms with Gasteiger partial charge in [-0.1, -0.05) is 5.16 Å². The Hall–Kier alpha value is -1.15. The summed E-state index contributed by atoms with van der Waals surface area (Å²) in [6.07, 6.45) is -4.10. The second kappa shape index (κ2) is 5.00. The van der Waals surface area contributed by atoms with Gasteiger partial charge in [0.05, 0.1) is 13.1 Å². The highest BCUT2D eigenvalue weighted by Gasteiger charge is 2.43. The highest BCUT2D eigenvalue weighted by Crippen LogP contribution is 2.33. The summed E-state index contributed by atoms with van der Waals surface area (Å²) in [7, 11) is 0. The first-order valence-corrected chi connectivity index (χ1v) is 6.70. The Morgan fingerprint density at radius 2 is 1.75 bits per heavy atom. The number of likely N-dealkylation sites (tertiary alicyclic amines) is 2. The summed E-state index contributed by atoms with van der Waals surface area (Å²) < 4.78 is 42.0. The molecular formula is C12H17F3N4O. The van der Waals surface area contributed by atoms with Crippen molar-refractivity contribution in [1.29, 1.82) is 0 Å². The minimum absolute atomic E-state index is 0.324. The van der Waals surface area contributed by atoms with E-state index in [1.807, 2.05) is 0 Å². The standard InChI is InChI=1S/C12H17F3N4O/c1-8-16-11(17-20-8)6-18-2-9-4-19(5-10(9)3-18)7-12(13,14)15/h9-10H,2-7H2,1H3. The Labute approximate surface area is 114 Å². The lowest BCUT2D eigenvalue weighted by molar-refractivity contribution is -0.144. The maximum atomic E-state index is 12.4. The van der Waals surface area contributed by atoms with Crippen LogP contribution in [-0.2, 0) is 6.54 Å². The molecule has 0 aliphatic carbocycles. The van der Waals surface area contributed by atoms with E-state index in [0.29, 0.717) is 43.2 Å². The van der Waals surface area contributed by atoms with E-state index in [1.165, 1.54) is 4.90 Å². The van der Waals surface area contributed by atoms with Gasteiger partial charge in [-0.3, -0.25) is 9.80 Å². The Balaban J connectivity index is 1.51. The number of hydrogen-bond acceptors (Lipinski definition) is 5. The van der Waals surface area contributed by atoms with Gasteiger partial charge in [-0.2, -0.15) is 18.2 Å². The minimum atomic E-state index is -4.10. The van der Waals surface area contributed by atoms with Gasteiger partial charge in [0.15, 0.2) is 5.82 Å².